The van der Waals surface area contributed by atoms with Crippen LogP contribution in [0.25, 0.3) is 0 Å². The van der Waals surface area contributed by atoms with Gasteiger partial charge in [0.2, 0.25) is 0 Å². The largest absolute Gasteiger partial charge is 0.319 e. The van der Waals surface area contributed by atoms with Gasteiger partial charge in [0.15, 0.2) is 6.19 Å². The van der Waals surface area contributed by atoms with Gasteiger partial charge in [-0.25, -0.2) is 4.39 Å². The fourth-order valence-corrected chi connectivity index (χ4v) is 3.97. The molecule has 0 spiro atoms. The molecular weight excluding hydrogens is 325 g/mol. The lowest BCUT2D eigenvalue weighted by atomic mass is 9.84. The van der Waals surface area contributed by atoms with Crippen LogP contribution in [0.5, 0.6) is 0 Å². The van der Waals surface area contributed by atoms with Gasteiger partial charge < -0.3 is 10.2 Å². The van der Waals surface area contributed by atoms with Crippen molar-refractivity contribution in [1.82, 2.24) is 10.2 Å². The molecule has 0 amide bonds. The maximum absolute atomic E-state index is 13.8. The first-order valence-electron chi connectivity index (χ1n) is 9.15. The van der Waals surface area contributed by atoms with Crippen molar-refractivity contribution < 1.29 is 4.39 Å². The van der Waals surface area contributed by atoms with Crippen LogP contribution in [0.2, 0.25) is 0 Å². The van der Waals surface area contributed by atoms with Crippen LogP contribution < -0.4 is 5.32 Å². The summed E-state index contributed by atoms with van der Waals surface area (Å²) in [5.74, 6) is 0.0734. The van der Waals surface area contributed by atoms with Crippen molar-refractivity contribution in [3.8, 4) is 6.19 Å². The van der Waals surface area contributed by atoms with Crippen LogP contribution >= 0.6 is 0 Å². The molecule has 1 unspecified atom stereocenters. The summed E-state index contributed by atoms with van der Waals surface area (Å²) in [5.41, 5.74) is 4.90. The number of likely N-dealkylation sites (N-methyl/N-ethyl adjacent to an activating group) is 1. The summed E-state index contributed by atoms with van der Waals surface area (Å²) in [7, 11) is 4.06. The molecule has 1 aliphatic rings. The smallest absolute Gasteiger partial charge is 0.176 e. The standard InChI is InChI=1S/C22H26FN3/c1-15(26(2)3)22(25-14-24)13-19-11-18-12-20(23)9-8-16(18)10-17-6-4-5-7-21(17)19/h4-9,12,15,19,22,25H,10-11,13H2,1-3H3/t15-,19+,22?/m0/s1. The van der Waals surface area contributed by atoms with Gasteiger partial charge in [0.25, 0.3) is 0 Å². The lowest BCUT2D eigenvalue weighted by Gasteiger charge is -2.31. The molecule has 3 atom stereocenters. The van der Waals surface area contributed by atoms with E-state index < -0.39 is 0 Å². The molecule has 0 aliphatic heterocycles. The van der Waals surface area contributed by atoms with E-state index in [1.165, 1.54) is 16.7 Å². The Bertz CT molecular complexity index is 809. The summed E-state index contributed by atoms with van der Waals surface area (Å²) < 4.78 is 13.8. The molecule has 136 valence electrons. The molecule has 1 aliphatic carbocycles. The van der Waals surface area contributed by atoms with E-state index in [2.05, 4.69) is 47.6 Å². The summed E-state index contributed by atoms with van der Waals surface area (Å²) >= 11 is 0. The summed E-state index contributed by atoms with van der Waals surface area (Å²) in [5, 5.41) is 12.2. The summed E-state index contributed by atoms with van der Waals surface area (Å²) in [6.45, 7) is 2.13. The molecule has 3 rings (SSSR count). The molecule has 0 saturated heterocycles. The van der Waals surface area contributed by atoms with E-state index in [4.69, 9.17) is 0 Å². The molecule has 26 heavy (non-hydrogen) atoms. The van der Waals surface area contributed by atoms with E-state index >= 15 is 0 Å². The highest BCUT2D eigenvalue weighted by Gasteiger charge is 2.28. The highest BCUT2D eigenvalue weighted by molar-refractivity contribution is 5.43. The summed E-state index contributed by atoms with van der Waals surface area (Å²) in [6, 6.07) is 13.9. The Morgan fingerprint density at radius 3 is 2.69 bits per heavy atom. The number of nitrogens with one attached hydrogen (secondary N) is 1. The lowest BCUT2D eigenvalue weighted by molar-refractivity contribution is 0.242. The molecule has 4 heteroatoms. The maximum atomic E-state index is 13.8. The monoisotopic (exact) mass is 351 g/mol. The second kappa shape index (κ2) is 7.88. The average Bonchev–Trinajstić information content (AvgIpc) is 2.77. The van der Waals surface area contributed by atoms with Crippen molar-refractivity contribution in [1.29, 1.82) is 5.26 Å². The zero-order valence-electron chi connectivity index (χ0n) is 15.7. The number of hydrogen-bond acceptors (Lipinski definition) is 3. The van der Waals surface area contributed by atoms with E-state index in [0.29, 0.717) is 0 Å². The van der Waals surface area contributed by atoms with Crippen LogP contribution in [-0.4, -0.2) is 31.1 Å². The first kappa shape index (κ1) is 18.4. The molecule has 0 fully saturated rings. The van der Waals surface area contributed by atoms with Gasteiger partial charge in [-0.05, 0) is 80.6 Å². The third-order valence-electron chi connectivity index (χ3n) is 5.70. The number of hydrogen-bond donors (Lipinski definition) is 1. The molecule has 0 heterocycles. The Morgan fingerprint density at radius 1 is 1.19 bits per heavy atom. The Hall–Kier alpha value is -2.38. The minimum Gasteiger partial charge on any atom is -0.319 e. The summed E-state index contributed by atoms with van der Waals surface area (Å²) in [6.07, 6.45) is 4.59. The van der Waals surface area contributed by atoms with E-state index in [9.17, 15) is 9.65 Å². The first-order chi connectivity index (χ1) is 12.5. The number of rotatable bonds is 5. The molecule has 0 saturated carbocycles. The SMILES string of the molecule is C[C@@H](C(C[C@H]1Cc2cc(F)ccc2Cc2ccccc21)NC#N)N(C)C. The Kier molecular flexibility index (Phi) is 5.58. The molecular formula is C22H26FN3. The van der Waals surface area contributed by atoms with E-state index in [1.807, 2.05) is 20.2 Å². The van der Waals surface area contributed by atoms with Crippen molar-refractivity contribution in [3.63, 3.8) is 0 Å². The topological polar surface area (TPSA) is 39.1 Å². The predicted molar refractivity (Wildman–Crippen MR) is 102 cm³/mol. The number of benzene rings is 2. The second-order valence-corrected chi connectivity index (χ2v) is 7.49. The van der Waals surface area contributed by atoms with Crippen molar-refractivity contribution >= 4 is 0 Å². The van der Waals surface area contributed by atoms with Gasteiger partial charge in [-0.1, -0.05) is 30.3 Å². The number of fused-ring (bicyclic) bond motifs is 2. The molecule has 0 aromatic heterocycles. The van der Waals surface area contributed by atoms with E-state index in [-0.39, 0.29) is 23.8 Å². The van der Waals surface area contributed by atoms with Gasteiger partial charge in [0, 0.05) is 6.04 Å². The number of nitriles is 1. The predicted octanol–water partition coefficient (Wildman–Crippen LogP) is 3.84. The van der Waals surface area contributed by atoms with Crippen LogP contribution in [0.15, 0.2) is 42.5 Å². The van der Waals surface area contributed by atoms with Crippen LogP contribution in [0, 0.1) is 17.3 Å². The van der Waals surface area contributed by atoms with E-state index in [1.54, 1.807) is 12.1 Å². The third kappa shape index (κ3) is 3.89. The Labute approximate surface area is 155 Å². The highest BCUT2D eigenvalue weighted by Crippen LogP contribution is 2.35. The molecule has 2 aromatic rings. The zero-order chi connectivity index (χ0) is 18.7. The van der Waals surface area contributed by atoms with Crippen LogP contribution in [0.3, 0.4) is 0 Å². The van der Waals surface area contributed by atoms with Gasteiger partial charge >= 0.3 is 0 Å². The van der Waals surface area contributed by atoms with Gasteiger partial charge in [0.05, 0.1) is 6.04 Å². The van der Waals surface area contributed by atoms with Gasteiger partial charge in [0.1, 0.15) is 5.82 Å². The first-order valence-corrected chi connectivity index (χ1v) is 9.15. The van der Waals surface area contributed by atoms with Crippen LogP contribution in [-0.2, 0) is 12.8 Å². The Balaban J connectivity index is 1.97. The normalized spacial score (nSPS) is 18.2. The van der Waals surface area contributed by atoms with Crippen LogP contribution in [0.1, 0.15) is 41.5 Å². The van der Waals surface area contributed by atoms with Gasteiger partial charge in [-0.15, -0.1) is 0 Å². The fraction of sp³-hybridized carbons (Fsp3) is 0.409. The Morgan fingerprint density at radius 2 is 1.96 bits per heavy atom. The minimum atomic E-state index is -0.179. The van der Waals surface area contributed by atoms with Crippen molar-refractivity contribution in [2.24, 2.45) is 0 Å². The summed E-state index contributed by atoms with van der Waals surface area (Å²) in [4.78, 5) is 2.13. The van der Waals surface area contributed by atoms with Crippen LogP contribution in [0.4, 0.5) is 4.39 Å². The third-order valence-corrected chi connectivity index (χ3v) is 5.70. The molecule has 0 radical (unpaired) electrons. The average molecular weight is 351 g/mol. The number of nitrogens with zero attached hydrogens (tertiary/aromatic N) is 2. The molecule has 3 nitrogen and oxygen atoms in total. The zero-order valence-corrected chi connectivity index (χ0v) is 15.7. The highest BCUT2D eigenvalue weighted by atomic mass is 19.1. The number of halogens is 1. The quantitative estimate of drug-likeness (QED) is 0.657. The maximum Gasteiger partial charge on any atom is 0.176 e. The van der Waals surface area contributed by atoms with Crippen molar-refractivity contribution in [2.45, 2.75) is 44.2 Å². The molecule has 1 N–H and O–H groups in total. The molecule has 0 bridgehead atoms. The fourth-order valence-electron chi connectivity index (χ4n) is 3.97. The lowest BCUT2D eigenvalue weighted by Crippen LogP contribution is -2.44. The van der Waals surface area contributed by atoms with Gasteiger partial charge in [-0.3, -0.25) is 0 Å². The molecule has 2 aromatic carbocycles. The van der Waals surface area contributed by atoms with E-state index in [0.717, 1.165) is 24.8 Å². The second-order valence-electron chi connectivity index (χ2n) is 7.49. The van der Waals surface area contributed by atoms with Crippen molar-refractivity contribution in [3.05, 3.63) is 70.5 Å². The van der Waals surface area contributed by atoms with Crippen molar-refractivity contribution in [2.75, 3.05) is 14.1 Å². The van der Waals surface area contributed by atoms with Gasteiger partial charge in [-0.2, -0.15) is 5.26 Å². The minimum absolute atomic E-state index is 0.0446.